The van der Waals surface area contributed by atoms with Gasteiger partial charge >= 0.3 is 0 Å². The number of nitrogens with zero attached hydrogens (tertiary/aromatic N) is 1. The summed E-state index contributed by atoms with van der Waals surface area (Å²) in [6.07, 6.45) is 2.43. The van der Waals surface area contributed by atoms with Crippen LogP contribution in [0.15, 0.2) is 29.3 Å². The number of ether oxygens (including phenoxy) is 1. The van der Waals surface area contributed by atoms with Gasteiger partial charge in [0.2, 0.25) is 0 Å². The molecule has 0 aromatic heterocycles. The number of hydrogen-bond donors (Lipinski definition) is 3. The number of amides is 1. The molecular formula is C17H26N4O2. The second kappa shape index (κ2) is 9.02. The van der Waals surface area contributed by atoms with Gasteiger partial charge in [-0.15, -0.1) is 0 Å². The average Bonchev–Trinajstić information content (AvgIpc) is 3.36. The minimum Gasteiger partial charge on any atom is -0.484 e. The topological polar surface area (TPSA) is 74.8 Å². The highest BCUT2D eigenvalue weighted by atomic mass is 16.5. The largest absolute Gasteiger partial charge is 0.484 e. The van der Waals surface area contributed by atoms with Crippen molar-refractivity contribution in [2.75, 3.05) is 19.7 Å². The minimum absolute atomic E-state index is 0.0342. The molecule has 6 heteroatoms. The summed E-state index contributed by atoms with van der Waals surface area (Å²) in [5.41, 5.74) is 1.05. The van der Waals surface area contributed by atoms with Crippen molar-refractivity contribution in [2.45, 2.75) is 39.3 Å². The number of guanidine groups is 1. The second-order valence-electron chi connectivity index (χ2n) is 5.50. The molecule has 0 bridgehead atoms. The minimum atomic E-state index is -0.112. The summed E-state index contributed by atoms with van der Waals surface area (Å²) in [4.78, 5) is 16.0. The van der Waals surface area contributed by atoms with Crippen LogP contribution >= 0.6 is 0 Å². The van der Waals surface area contributed by atoms with Crippen molar-refractivity contribution in [3.05, 3.63) is 29.8 Å². The number of aliphatic imine (C=N–C) groups is 1. The van der Waals surface area contributed by atoms with E-state index in [0.29, 0.717) is 24.9 Å². The smallest absolute Gasteiger partial charge is 0.257 e. The molecule has 0 radical (unpaired) electrons. The number of likely N-dealkylation sites (N-methyl/N-ethyl adjacent to an activating group) is 1. The number of nitrogens with one attached hydrogen (secondary N) is 3. The van der Waals surface area contributed by atoms with Gasteiger partial charge in [0.05, 0.1) is 6.54 Å². The molecule has 1 aromatic carbocycles. The zero-order valence-corrected chi connectivity index (χ0v) is 13.9. The quantitative estimate of drug-likeness (QED) is 0.500. The predicted molar refractivity (Wildman–Crippen MR) is 91.6 cm³/mol. The summed E-state index contributed by atoms with van der Waals surface area (Å²) in [6, 6.07) is 8.26. The van der Waals surface area contributed by atoms with Gasteiger partial charge in [0.25, 0.3) is 5.91 Å². The molecule has 1 amide bonds. The van der Waals surface area contributed by atoms with Crippen molar-refractivity contribution >= 4 is 11.9 Å². The Morgan fingerprint density at radius 2 is 2.04 bits per heavy atom. The van der Waals surface area contributed by atoms with E-state index in [2.05, 4.69) is 27.9 Å². The van der Waals surface area contributed by atoms with E-state index in [-0.39, 0.29) is 12.5 Å². The Balaban J connectivity index is 1.88. The lowest BCUT2D eigenvalue weighted by Crippen LogP contribution is -2.38. The molecule has 1 saturated carbocycles. The van der Waals surface area contributed by atoms with E-state index in [1.165, 1.54) is 12.8 Å². The van der Waals surface area contributed by atoms with Gasteiger partial charge < -0.3 is 20.7 Å². The van der Waals surface area contributed by atoms with E-state index in [0.717, 1.165) is 18.1 Å². The number of benzene rings is 1. The van der Waals surface area contributed by atoms with Crippen molar-refractivity contribution in [1.82, 2.24) is 16.0 Å². The summed E-state index contributed by atoms with van der Waals surface area (Å²) < 4.78 is 5.50. The highest BCUT2D eigenvalue weighted by molar-refractivity contribution is 5.80. The number of rotatable bonds is 8. The molecule has 3 N–H and O–H groups in total. The van der Waals surface area contributed by atoms with E-state index in [4.69, 9.17) is 4.74 Å². The third-order valence-electron chi connectivity index (χ3n) is 3.32. The molecule has 0 heterocycles. The summed E-state index contributed by atoms with van der Waals surface area (Å²) >= 11 is 0. The van der Waals surface area contributed by atoms with Crippen LogP contribution in [0.25, 0.3) is 0 Å². The van der Waals surface area contributed by atoms with Crippen LogP contribution in [-0.4, -0.2) is 37.6 Å². The Kier molecular flexibility index (Phi) is 6.72. The zero-order chi connectivity index (χ0) is 16.5. The SMILES string of the molecule is CCNC(=O)COc1cccc(CN=C(NCC)NC2CC2)c1. The molecular weight excluding hydrogens is 292 g/mol. The van der Waals surface area contributed by atoms with Crippen LogP contribution in [0, 0.1) is 0 Å². The lowest BCUT2D eigenvalue weighted by Gasteiger charge is -2.10. The Hall–Kier alpha value is -2.24. The number of hydrogen-bond acceptors (Lipinski definition) is 3. The lowest BCUT2D eigenvalue weighted by atomic mass is 10.2. The molecule has 0 spiro atoms. The average molecular weight is 318 g/mol. The number of carbonyl (C=O) groups excluding carboxylic acids is 1. The predicted octanol–water partition coefficient (Wildman–Crippen LogP) is 1.42. The first-order chi connectivity index (χ1) is 11.2. The fourth-order valence-corrected chi connectivity index (χ4v) is 2.04. The summed E-state index contributed by atoms with van der Waals surface area (Å²) in [7, 11) is 0. The molecule has 0 atom stereocenters. The van der Waals surface area contributed by atoms with Gasteiger partial charge in [0.15, 0.2) is 12.6 Å². The van der Waals surface area contributed by atoms with Crippen LogP contribution in [0.2, 0.25) is 0 Å². The van der Waals surface area contributed by atoms with Gasteiger partial charge in [-0.1, -0.05) is 12.1 Å². The van der Waals surface area contributed by atoms with Crippen LogP contribution in [0.4, 0.5) is 0 Å². The molecule has 126 valence electrons. The molecule has 0 saturated heterocycles. The van der Waals surface area contributed by atoms with Crippen LogP contribution in [-0.2, 0) is 11.3 Å². The third kappa shape index (κ3) is 6.59. The van der Waals surface area contributed by atoms with Crippen LogP contribution in [0.3, 0.4) is 0 Å². The summed E-state index contributed by atoms with van der Waals surface area (Å²) in [5.74, 6) is 1.42. The molecule has 0 unspecified atom stereocenters. The lowest BCUT2D eigenvalue weighted by molar-refractivity contribution is -0.122. The van der Waals surface area contributed by atoms with Crippen molar-refractivity contribution in [3.63, 3.8) is 0 Å². The van der Waals surface area contributed by atoms with E-state index < -0.39 is 0 Å². The maximum absolute atomic E-state index is 11.4. The molecule has 1 aliphatic carbocycles. The fraction of sp³-hybridized carbons (Fsp3) is 0.529. The van der Waals surface area contributed by atoms with Gasteiger partial charge in [0.1, 0.15) is 5.75 Å². The van der Waals surface area contributed by atoms with E-state index in [1.807, 2.05) is 31.2 Å². The second-order valence-corrected chi connectivity index (χ2v) is 5.50. The highest BCUT2D eigenvalue weighted by Gasteiger charge is 2.21. The highest BCUT2D eigenvalue weighted by Crippen LogP contribution is 2.18. The molecule has 1 aliphatic rings. The van der Waals surface area contributed by atoms with Gasteiger partial charge in [-0.3, -0.25) is 4.79 Å². The molecule has 1 aromatic rings. The maximum atomic E-state index is 11.4. The summed E-state index contributed by atoms with van der Waals surface area (Å²) in [5, 5.41) is 9.34. The van der Waals surface area contributed by atoms with Gasteiger partial charge in [0, 0.05) is 19.1 Å². The molecule has 2 rings (SSSR count). The number of carbonyl (C=O) groups is 1. The first-order valence-corrected chi connectivity index (χ1v) is 8.24. The maximum Gasteiger partial charge on any atom is 0.257 e. The molecule has 6 nitrogen and oxygen atoms in total. The standard InChI is InChI=1S/C17H26N4O2/c1-3-18-16(22)12-23-15-7-5-6-13(10-15)11-20-17(19-4-2)21-14-8-9-14/h5-7,10,14H,3-4,8-9,11-12H2,1-2H3,(H,18,22)(H2,19,20,21). The third-order valence-corrected chi connectivity index (χ3v) is 3.32. The first kappa shape index (κ1) is 17.1. The van der Waals surface area contributed by atoms with Gasteiger partial charge in [-0.05, 0) is 44.4 Å². The van der Waals surface area contributed by atoms with Crippen LogP contribution < -0.4 is 20.7 Å². The Morgan fingerprint density at radius 3 is 2.74 bits per heavy atom. The van der Waals surface area contributed by atoms with Crippen LogP contribution in [0.5, 0.6) is 5.75 Å². The Bertz CT molecular complexity index is 541. The molecule has 23 heavy (non-hydrogen) atoms. The first-order valence-electron chi connectivity index (χ1n) is 8.24. The van der Waals surface area contributed by atoms with E-state index >= 15 is 0 Å². The zero-order valence-electron chi connectivity index (χ0n) is 13.9. The normalized spacial score (nSPS) is 14.3. The van der Waals surface area contributed by atoms with Gasteiger partial charge in [-0.2, -0.15) is 0 Å². The van der Waals surface area contributed by atoms with E-state index in [1.54, 1.807) is 0 Å². The Morgan fingerprint density at radius 1 is 1.26 bits per heavy atom. The van der Waals surface area contributed by atoms with Crippen LogP contribution in [0.1, 0.15) is 32.3 Å². The van der Waals surface area contributed by atoms with Crippen molar-refractivity contribution in [1.29, 1.82) is 0 Å². The van der Waals surface area contributed by atoms with Crippen molar-refractivity contribution in [2.24, 2.45) is 4.99 Å². The van der Waals surface area contributed by atoms with Gasteiger partial charge in [-0.25, -0.2) is 4.99 Å². The molecule has 0 aliphatic heterocycles. The Labute approximate surface area is 137 Å². The summed E-state index contributed by atoms with van der Waals surface area (Å²) in [6.45, 7) is 5.99. The van der Waals surface area contributed by atoms with Crippen molar-refractivity contribution in [3.8, 4) is 5.75 Å². The monoisotopic (exact) mass is 318 g/mol. The van der Waals surface area contributed by atoms with Crippen molar-refractivity contribution < 1.29 is 9.53 Å². The molecule has 1 fully saturated rings. The fourth-order valence-electron chi connectivity index (χ4n) is 2.04. The van der Waals surface area contributed by atoms with E-state index in [9.17, 15) is 4.79 Å².